The molecular formula is C23H16Cl2N2O4. The van der Waals surface area contributed by atoms with Crippen molar-refractivity contribution in [3.05, 3.63) is 88.4 Å². The summed E-state index contributed by atoms with van der Waals surface area (Å²) < 4.78 is 0. The van der Waals surface area contributed by atoms with Crippen molar-refractivity contribution in [2.45, 2.75) is 12.1 Å². The highest BCUT2D eigenvalue weighted by molar-refractivity contribution is 6.42. The third-order valence-corrected chi connectivity index (χ3v) is 6.26. The van der Waals surface area contributed by atoms with Gasteiger partial charge in [-0.3, -0.25) is 14.4 Å². The number of amides is 2. The van der Waals surface area contributed by atoms with E-state index in [0.717, 1.165) is 16.2 Å². The molecular weight excluding hydrogens is 439 g/mol. The number of para-hydroxylation sites is 1. The van der Waals surface area contributed by atoms with Crippen molar-refractivity contribution in [3.63, 3.8) is 0 Å². The zero-order valence-corrected chi connectivity index (χ0v) is 17.5. The Bertz CT molecular complexity index is 1170. The lowest BCUT2D eigenvalue weighted by Crippen LogP contribution is -2.37. The number of anilines is 2. The molecule has 2 heterocycles. The number of phenolic OH excluding ortho intramolecular Hbond substituents is 1. The van der Waals surface area contributed by atoms with E-state index < -0.39 is 24.0 Å². The van der Waals surface area contributed by atoms with E-state index in [1.54, 1.807) is 41.5 Å². The third kappa shape index (κ3) is 3.24. The first-order valence-corrected chi connectivity index (χ1v) is 10.3. The van der Waals surface area contributed by atoms with Crippen molar-refractivity contribution < 1.29 is 19.5 Å². The topological polar surface area (TPSA) is 70.1 Å². The van der Waals surface area contributed by atoms with Gasteiger partial charge in [-0.1, -0.05) is 53.5 Å². The van der Waals surface area contributed by atoms with Gasteiger partial charge in [0.05, 0.1) is 27.5 Å². The number of rotatable bonds is 3. The summed E-state index contributed by atoms with van der Waals surface area (Å²) in [7, 11) is 0. The van der Waals surface area contributed by atoms with Crippen molar-refractivity contribution in [2.24, 2.45) is 5.92 Å². The summed E-state index contributed by atoms with van der Waals surface area (Å²) in [5.41, 5.74) is 1.81. The summed E-state index contributed by atoms with van der Waals surface area (Å²) >= 11 is 12.1. The average Bonchev–Trinajstić information content (AvgIpc) is 3.28. The molecule has 3 aromatic rings. The first kappa shape index (κ1) is 19.9. The molecule has 156 valence electrons. The summed E-state index contributed by atoms with van der Waals surface area (Å²) in [5.74, 6) is -1.51. The summed E-state index contributed by atoms with van der Waals surface area (Å²) in [6, 6.07) is 19.9. The minimum atomic E-state index is -0.985. The number of carbonyl (C=O) groups excluding carboxylic acids is 2. The van der Waals surface area contributed by atoms with Crippen LogP contribution in [0.5, 0.6) is 5.75 Å². The lowest BCUT2D eigenvalue weighted by molar-refractivity contribution is -0.126. The van der Waals surface area contributed by atoms with Gasteiger partial charge in [0.25, 0.3) is 5.91 Å². The van der Waals surface area contributed by atoms with Crippen molar-refractivity contribution in [1.29, 1.82) is 0 Å². The van der Waals surface area contributed by atoms with Crippen LogP contribution in [0, 0.1) is 5.92 Å². The molecule has 3 aromatic carbocycles. The first-order chi connectivity index (χ1) is 15.0. The standard InChI is InChI=1S/C23H16Cl2N2O4/c24-17-11-8-15(12-18(17)25)26-22(29)19-20(13-6-9-16(28)10-7-13)27(31-21(19)23(26)30)14-4-2-1-3-5-14/h1-12,19-21,28H. The highest BCUT2D eigenvalue weighted by atomic mass is 35.5. The Morgan fingerprint density at radius 2 is 1.52 bits per heavy atom. The van der Waals surface area contributed by atoms with Crippen LogP contribution in [-0.4, -0.2) is 23.0 Å². The molecule has 2 amide bonds. The number of nitrogens with zero attached hydrogens (tertiary/aromatic N) is 2. The molecule has 8 heteroatoms. The van der Waals surface area contributed by atoms with Gasteiger partial charge in [0, 0.05) is 0 Å². The van der Waals surface area contributed by atoms with E-state index in [1.165, 1.54) is 6.07 Å². The van der Waals surface area contributed by atoms with Crippen LogP contribution in [0.1, 0.15) is 11.6 Å². The van der Waals surface area contributed by atoms with E-state index in [1.807, 2.05) is 30.3 Å². The van der Waals surface area contributed by atoms with Crippen LogP contribution in [0.3, 0.4) is 0 Å². The third-order valence-electron chi connectivity index (χ3n) is 5.52. The predicted molar refractivity (Wildman–Crippen MR) is 117 cm³/mol. The SMILES string of the molecule is O=C1C2ON(c3ccccc3)C(c3ccc(O)cc3)C2C(=O)N1c1ccc(Cl)c(Cl)c1. The molecule has 0 aliphatic carbocycles. The molecule has 2 aliphatic heterocycles. The van der Waals surface area contributed by atoms with E-state index in [2.05, 4.69) is 0 Å². The fourth-order valence-corrected chi connectivity index (χ4v) is 4.39. The summed E-state index contributed by atoms with van der Waals surface area (Å²) in [6.07, 6.45) is -0.985. The second-order valence-electron chi connectivity index (χ2n) is 7.36. The van der Waals surface area contributed by atoms with Gasteiger partial charge in [0.15, 0.2) is 6.10 Å². The lowest BCUT2D eigenvalue weighted by Gasteiger charge is -2.28. The van der Waals surface area contributed by atoms with E-state index in [-0.39, 0.29) is 16.7 Å². The van der Waals surface area contributed by atoms with Crippen molar-refractivity contribution in [3.8, 4) is 5.75 Å². The zero-order chi connectivity index (χ0) is 21.7. The van der Waals surface area contributed by atoms with Crippen LogP contribution in [0.4, 0.5) is 11.4 Å². The Hall–Kier alpha value is -3.06. The highest BCUT2D eigenvalue weighted by Crippen LogP contribution is 2.48. The minimum absolute atomic E-state index is 0.108. The maximum Gasteiger partial charge on any atom is 0.266 e. The number of phenols is 1. The number of carbonyl (C=O) groups is 2. The Balaban J connectivity index is 1.58. The van der Waals surface area contributed by atoms with Crippen LogP contribution >= 0.6 is 23.2 Å². The van der Waals surface area contributed by atoms with Crippen LogP contribution in [0.2, 0.25) is 10.0 Å². The largest absolute Gasteiger partial charge is 0.508 e. The normalized spacial score (nSPS) is 22.8. The molecule has 0 spiro atoms. The van der Waals surface area contributed by atoms with Crippen LogP contribution < -0.4 is 9.96 Å². The van der Waals surface area contributed by atoms with E-state index in [4.69, 9.17) is 28.0 Å². The Kier molecular flexibility index (Phi) is 4.85. The van der Waals surface area contributed by atoms with Gasteiger partial charge in [-0.05, 0) is 48.0 Å². The summed E-state index contributed by atoms with van der Waals surface area (Å²) in [4.78, 5) is 33.9. The van der Waals surface area contributed by atoms with Crippen molar-refractivity contribution in [1.82, 2.24) is 0 Å². The molecule has 0 bridgehead atoms. The van der Waals surface area contributed by atoms with E-state index >= 15 is 0 Å². The predicted octanol–water partition coefficient (Wildman–Crippen LogP) is 4.75. The Morgan fingerprint density at radius 3 is 2.19 bits per heavy atom. The number of halogens is 2. The van der Waals surface area contributed by atoms with Crippen LogP contribution in [0.25, 0.3) is 0 Å². The number of hydrogen-bond donors (Lipinski definition) is 1. The smallest absolute Gasteiger partial charge is 0.266 e. The van der Waals surface area contributed by atoms with E-state index in [9.17, 15) is 14.7 Å². The van der Waals surface area contributed by atoms with Gasteiger partial charge in [0.1, 0.15) is 11.7 Å². The van der Waals surface area contributed by atoms with Crippen molar-refractivity contribution >= 4 is 46.4 Å². The summed E-state index contributed by atoms with van der Waals surface area (Å²) in [5, 5.41) is 11.9. The minimum Gasteiger partial charge on any atom is -0.508 e. The molecule has 31 heavy (non-hydrogen) atoms. The second kappa shape index (κ2) is 7.57. The number of benzene rings is 3. The number of hydrogen-bond acceptors (Lipinski definition) is 5. The van der Waals surface area contributed by atoms with Gasteiger partial charge in [0.2, 0.25) is 5.91 Å². The Morgan fingerprint density at radius 1 is 0.806 bits per heavy atom. The number of imide groups is 1. The average molecular weight is 455 g/mol. The molecule has 2 saturated heterocycles. The summed E-state index contributed by atoms with van der Waals surface area (Å²) in [6.45, 7) is 0. The molecule has 2 fully saturated rings. The molecule has 1 N–H and O–H groups in total. The molecule has 0 radical (unpaired) electrons. The highest BCUT2D eigenvalue weighted by Gasteiger charge is 2.60. The number of hydroxylamine groups is 1. The number of fused-ring (bicyclic) bond motifs is 1. The lowest BCUT2D eigenvalue weighted by atomic mass is 9.90. The fraction of sp³-hybridized carbons (Fsp3) is 0.130. The van der Waals surface area contributed by atoms with E-state index in [0.29, 0.717) is 10.7 Å². The van der Waals surface area contributed by atoms with Crippen LogP contribution in [-0.2, 0) is 14.4 Å². The van der Waals surface area contributed by atoms with Gasteiger partial charge in [-0.15, -0.1) is 0 Å². The Labute approximate surface area is 188 Å². The van der Waals surface area contributed by atoms with Gasteiger partial charge >= 0.3 is 0 Å². The second-order valence-corrected chi connectivity index (χ2v) is 8.17. The molecule has 3 unspecified atom stereocenters. The molecule has 6 nitrogen and oxygen atoms in total. The van der Waals surface area contributed by atoms with Gasteiger partial charge in [-0.2, -0.15) is 0 Å². The van der Waals surface area contributed by atoms with Gasteiger partial charge in [-0.25, -0.2) is 9.96 Å². The monoisotopic (exact) mass is 454 g/mol. The van der Waals surface area contributed by atoms with Crippen molar-refractivity contribution in [2.75, 3.05) is 9.96 Å². The molecule has 3 atom stereocenters. The van der Waals surface area contributed by atoms with Gasteiger partial charge < -0.3 is 5.11 Å². The first-order valence-electron chi connectivity index (χ1n) is 9.58. The molecule has 0 saturated carbocycles. The molecule has 5 rings (SSSR count). The number of aromatic hydroxyl groups is 1. The van der Waals surface area contributed by atoms with Crippen LogP contribution in [0.15, 0.2) is 72.8 Å². The fourth-order valence-electron chi connectivity index (χ4n) is 4.10. The molecule has 2 aliphatic rings. The maximum absolute atomic E-state index is 13.5. The zero-order valence-electron chi connectivity index (χ0n) is 16.0. The quantitative estimate of drug-likeness (QED) is 0.578. The molecule has 0 aromatic heterocycles. The maximum atomic E-state index is 13.5.